The Labute approximate surface area is 150 Å². The van der Waals surface area contributed by atoms with Crippen LogP contribution in [0.4, 0.5) is 17.5 Å². The number of carbonyl (C=O) groups excluding carboxylic acids is 1. The second-order valence-electron chi connectivity index (χ2n) is 4.76. The Morgan fingerprint density at radius 1 is 1.29 bits per heavy atom. The number of hydrogen-bond acceptors (Lipinski definition) is 5. The average Bonchev–Trinajstić information content (AvgIpc) is 2.55. The normalized spacial score (nSPS) is 9.92. The molecule has 0 radical (unpaired) electrons. The van der Waals surface area contributed by atoms with Gasteiger partial charge in [0.25, 0.3) is 0 Å². The minimum absolute atomic E-state index is 0.0985. The van der Waals surface area contributed by atoms with Gasteiger partial charge in [-0.3, -0.25) is 4.79 Å². The van der Waals surface area contributed by atoms with E-state index in [0.717, 1.165) is 0 Å². The van der Waals surface area contributed by atoms with Crippen LogP contribution < -0.4 is 16.0 Å². The number of hydrogen-bond donors (Lipinski definition) is 3. The monoisotopic (exact) mass is 363 g/mol. The number of anilines is 3. The first kappa shape index (κ1) is 17.9. The number of terminal acetylenes is 1. The van der Waals surface area contributed by atoms with Crippen LogP contribution in [0.2, 0.25) is 10.0 Å². The summed E-state index contributed by atoms with van der Waals surface area (Å²) < 4.78 is 0. The molecule has 8 heteroatoms. The highest BCUT2D eigenvalue weighted by Crippen LogP contribution is 2.26. The number of aromatic nitrogens is 2. The fourth-order valence-corrected chi connectivity index (χ4v) is 2.10. The third-order valence-corrected chi connectivity index (χ3v) is 3.65. The number of halogens is 2. The first-order chi connectivity index (χ1) is 11.5. The summed E-state index contributed by atoms with van der Waals surface area (Å²) in [5.41, 5.74) is 1.22. The Hall–Kier alpha value is -2.49. The molecule has 0 bridgehead atoms. The molecule has 0 aliphatic rings. The van der Waals surface area contributed by atoms with Crippen molar-refractivity contribution >= 4 is 46.6 Å². The summed E-state index contributed by atoms with van der Waals surface area (Å²) in [7, 11) is 0. The maximum atomic E-state index is 10.9. The van der Waals surface area contributed by atoms with Gasteiger partial charge in [-0.05, 0) is 18.2 Å². The molecule has 6 nitrogen and oxygen atoms in total. The molecule has 1 aromatic carbocycles. The van der Waals surface area contributed by atoms with Crippen molar-refractivity contribution in [1.82, 2.24) is 15.3 Å². The summed E-state index contributed by atoms with van der Waals surface area (Å²) in [4.78, 5) is 19.4. The van der Waals surface area contributed by atoms with Gasteiger partial charge in [-0.2, -0.15) is 4.98 Å². The molecule has 0 aliphatic carbocycles. The number of rotatable bonds is 6. The Balaban J connectivity index is 2.10. The quantitative estimate of drug-likeness (QED) is 0.542. The van der Waals surface area contributed by atoms with Crippen LogP contribution in [-0.4, -0.2) is 29.0 Å². The third kappa shape index (κ3) is 5.01. The maximum Gasteiger partial charge on any atom is 0.229 e. The fourth-order valence-electron chi connectivity index (χ4n) is 1.80. The second kappa shape index (κ2) is 8.39. The molecule has 0 atom stereocenters. The molecule has 1 heterocycles. The molecule has 3 N–H and O–H groups in total. The molecule has 2 aromatic rings. The van der Waals surface area contributed by atoms with Crippen molar-refractivity contribution in [1.29, 1.82) is 0 Å². The first-order valence-electron chi connectivity index (χ1n) is 7.03. The van der Waals surface area contributed by atoms with Gasteiger partial charge in [0.2, 0.25) is 11.9 Å². The van der Waals surface area contributed by atoms with Gasteiger partial charge in [0.05, 0.1) is 21.8 Å². The zero-order valence-electron chi connectivity index (χ0n) is 12.9. The van der Waals surface area contributed by atoms with E-state index in [2.05, 4.69) is 31.8 Å². The van der Waals surface area contributed by atoms with E-state index in [-0.39, 0.29) is 5.91 Å². The topological polar surface area (TPSA) is 78.9 Å². The highest BCUT2D eigenvalue weighted by molar-refractivity contribution is 6.42. The molecule has 124 valence electrons. The van der Waals surface area contributed by atoms with Gasteiger partial charge >= 0.3 is 0 Å². The van der Waals surface area contributed by atoms with Crippen molar-refractivity contribution in [3.8, 4) is 12.3 Å². The number of carbonyl (C=O) groups is 1. The van der Waals surface area contributed by atoms with Gasteiger partial charge in [0.1, 0.15) is 5.82 Å². The highest BCUT2D eigenvalue weighted by Gasteiger charge is 2.07. The Morgan fingerprint density at radius 3 is 2.75 bits per heavy atom. The van der Waals surface area contributed by atoms with E-state index in [4.69, 9.17) is 29.6 Å². The number of nitrogens with one attached hydrogen (secondary N) is 3. The molecule has 1 aromatic heterocycles. The standard InChI is InChI=1S/C16H15Cl2N5O/c1-3-11-9-21-16(22-12-4-5-13(17)14(18)8-12)23-15(11)20-7-6-19-10(2)24/h1,4-5,8-9H,6-7H2,2H3,(H,19,24)(H2,20,21,22,23). The van der Waals surface area contributed by atoms with Crippen molar-refractivity contribution in [2.24, 2.45) is 0 Å². The van der Waals surface area contributed by atoms with E-state index in [0.29, 0.717) is 46.2 Å². The summed E-state index contributed by atoms with van der Waals surface area (Å²) in [6, 6.07) is 5.11. The van der Waals surface area contributed by atoms with Gasteiger partial charge in [-0.25, -0.2) is 4.98 Å². The summed E-state index contributed by atoms with van der Waals surface area (Å²) >= 11 is 11.9. The molecular formula is C16H15Cl2N5O. The molecule has 0 unspecified atom stereocenters. The number of benzene rings is 1. The largest absolute Gasteiger partial charge is 0.367 e. The highest BCUT2D eigenvalue weighted by atomic mass is 35.5. The van der Waals surface area contributed by atoms with Gasteiger partial charge in [-0.15, -0.1) is 6.42 Å². The van der Waals surface area contributed by atoms with E-state index in [1.165, 1.54) is 13.1 Å². The van der Waals surface area contributed by atoms with E-state index in [1.807, 2.05) is 0 Å². The molecular weight excluding hydrogens is 349 g/mol. The van der Waals surface area contributed by atoms with Crippen LogP contribution >= 0.6 is 23.2 Å². The Morgan fingerprint density at radius 2 is 2.08 bits per heavy atom. The van der Waals surface area contributed by atoms with Crippen molar-refractivity contribution in [3.05, 3.63) is 40.0 Å². The van der Waals surface area contributed by atoms with Gasteiger partial charge < -0.3 is 16.0 Å². The lowest BCUT2D eigenvalue weighted by Gasteiger charge is -2.11. The van der Waals surface area contributed by atoms with E-state index < -0.39 is 0 Å². The lowest BCUT2D eigenvalue weighted by atomic mass is 10.3. The van der Waals surface area contributed by atoms with Gasteiger partial charge in [0, 0.05) is 25.7 Å². The summed E-state index contributed by atoms with van der Waals surface area (Å²) in [6.45, 7) is 2.40. The zero-order chi connectivity index (χ0) is 17.5. The fraction of sp³-hybridized carbons (Fsp3) is 0.188. The van der Waals surface area contributed by atoms with Crippen LogP contribution in [0.5, 0.6) is 0 Å². The number of amides is 1. The average molecular weight is 364 g/mol. The molecule has 24 heavy (non-hydrogen) atoms. The van der Waals surface area contributed by atoms with Crippen LogP contribution in [0.3, 0.4) is 0 Å². The predicted octanol–water partition coefficient (Wildman–Crippen LogP) is 3.06. The third-order valence-electron chi connectivity index (χ3n) is 2.91. The summed E-state index contributed by atoms with van der Waals surface area (Å²) in [5.74, 6) is 3.27. The van der Waals surface area contributed by atoms with Crippen molar-refractivity contribution in [2.45, 2.75) is 6.92 Å². The van der Waals surface area contributed by atoms with Crippen molar-refractivity contribution < 1.29 is 4.79 Å². The molecule has 1 amide bonds. The molecule has 0 aliphatic heterocycles. The van der Waals surface area contributed by atoms with Crippen LogP contribution in [0.15, 0.2) is 24.4 Å². The summed E-state index contributed by atoms with van der Waals surface area (Å²) in [5, 5.41) is 9.67. The molecule has 0 saturated carbocycles. The lowest BCUT2D eigenvalue weighted by Crippen LogP contribution is -2.26. The van der Waals surface area contributed by atoms with Crippen molar-refractivity contribution in [3.63, 3.8) is 0 Å². The Kier molecular flexibility index (Phi) is 6.24. The minimum Gasteiger partial charge on any atom is -0.367 e. The van der Waals surface area contributed by atoms with Crippen LogP contribution in [-0.2, 0) is 4.79 Å². The minimum atomic E-state index is -0.0985. The van der Waals surface area contributed by atoms with Crippen LogP contribution in [0.1, 0.15) is 12.5 Å². The maximum absolute atomic E-state index is 10.9. The first-order valence-corrected chi connectivity index (χ1v) is 7.79. The van der Waals surface area contributed by atoms with E-state index in [9.17, 15) is 4.79 Å². The smallest absolute Gasteiger partial charge is 0.229 e. The zero-order valence-corrected chi connectivity index (χ0v) is 14.4. The van der Waals surface area contributed by atoms with Gasteiger partial charge in [0.15, 0.2) is 0 Å². The van der Waals surface area contributed by atoms with Crippen LogP contribution in [0.25, 0.3) is 0 Å². The Bertz CT molecular complexity index is 789. The van der Waals surface area contributed by atoms with Crippen LogP contribution in [0, 0.1) is 12.3 Å². The molecule has 0 fully saturated rings. The van der Waals surface area contributed by atoms with E-state index in [1.54, 1.807) is 18.2 Å². The summed E-state index contributed by atoms with van der Waals surface area (Å²) in [6.07, 6.45) is 6.99. The lowest BCUT2D eigenvalue weighted by molar-refractivity contribution is -0.118. The molecule has 2 rings (SSSR count). The SMILES string of the molecule is C#Cc1cnc(Nc2ccc(Cl)c(Cl)c2)nc1NCCNC(C)=O. The van der Waals surface area contributed by atoms with Crippen molar-refractivity contribution in [2.75, 3.05) is 23.7 Å². The molecule has 0 spiro atoms. The van der Waals surface area contributed by atoms with Gasteiger partial charge in [-0.1, -0.05) is 29.1 Å². The predicted molar refractivity (Wildman–Crippen MR) is 96.9 cm³/mol. The van der Waals surface area contributed by atoms with E-state index >= 15 is 0 Å². The number of nitrogens with zero attached hydrogens (tertiary/aromatic N) is 2. The second-order valence-corrected chi connectivity index (χ2v) is 5.58. The molecule has 0 saturated heterocycles.